The van der Waals surface area contributed by atoms with Crippen LogP contribution >= 0.6 is 11.8 Å². The van der Waals surface area contributed by atoms with Crippen LogP contribution in [0.2, 0.25) is 0 Å². The van der Waals surface area contributed by atoms with Crippen LogP contribution in [0.15, 0.2) is 0 Å². The van der Waals surface area contributed by atoms with E-state index in [9.17, 15) is 9.90 Å². The monoisotopic (exact) mass is 260 g/mol. The Morgan fingerprint density at radius 3 is 2.53 bits per heavy atom. The lowest BCUT2D eigenvalue weighted by Gasteiger charge is -2.35. The third kappa shape index (κ3) is 5.27. The summed E-state index contributed by atoms with van der Waals surface area (Å²) in [4.78, 5) is 16.0. The van der Waals surface area contributed by atoms with E-state index in [0.29, 0.717) is 6.42 Å². The van der Waals surface area contributed by atoms with Crippen LogP contribution < -0.4 is 0 Å². The maximum atomic E-state index is 11.8. The number of hydrogen-bond acceptors (Lipinski definition) is 4. The Labute approximate surface area is 108 Å². The van der Waals surface area contributed by atoms with E-state index in [-0.39, 0.29) is 12.0 Å². The number of amides is 1. The molecule has 0 aromatic heterocycles. The fourth-order valence-electron chi connectivity index (χ4n) is 1.95. The van der Waals surface area contributed by atoms with Crippen molar-refractivity contribution in [3.05, 3.63) is 0 Å². The number of aliphatic hydroxyl groups is 1. The Kier molecular flexibility index (Phi) is 6.92. The minimum absolute atomic E-state index is 0.228. The van der Waals surface area contributed by atoms with Gasteiger partial charge in [0, 0.05) is 44.9 Å². The molecule has 17 heavy (non-hydrogen) atoms. The number of nitrogens with zero attached hydrogens (tertiary/aromatic N) is 2. The molecule has 0 bridgehead atoms. The first-order valence-corrected chi connectivity index (χ1v) is 7.73. The van der Waals surface area contributed by atoms with Crippen molar-refractivity contribution in [1.29, 1.82) is 0 Å². The van der Waals surface area contributed by atoms with E-state index < -0.39 is 0 Å². The molecule has 0 aromatic carbocycles. The number of thioether (sulfide) groups is 1. The van der Waals surface area contributed by atoms with E-state index in [1.165, 1.54) is 0 Å². The lowest BCUT2D eigenvalue weighted by molar-refractivity contribution is -0.132. The Bertz CT molecular complexity index is 231. The second-order valence-corrected chi connectivity index (χ2v) is 5.47. The number of β-amino-alcohol motifs (C(OH)–C–C–N with tert-alkyl or cyclic N) is 1. The zero-order valence-corrected chi connectivity index (χ0v) is 11.7. The van der Waals surface area contributed by atoms with Gasteiger partial charge in [-0.3, -0.25) is 9.69 Å². The van der Waals surface area contributed by atoms with Gasteiger partial charge >= 0.3 is 0 Å². The molecule has 0 aromatic rings. The SMILES string of the molecule is CC[C@H](O)CN1CCN(C(=O)CCSC)CC1. The lowest BCUT2D eigenvalue weighted by atomic mass is 10.2. The predicted octanol–water partition coefficient (Wildman–Crippen LogP) is 0.655. The van der Waals surface area contributed by atoms with Gasteiger partial charge in [-0.2, -0.15) is 11.8 Å². The van der Waals surface area contributed by atoms with Crippen molar-refractivity contribution in [1.82, 2.24) is 9.80 Å². The fraction of sp³-hybridized carbons (Fsp3) is 0.917. The summed E-state index contributed by atoms with van der Waals surface area (Å²) in [5.41, 5.74) is 0. The number of piperazine rings is 1. The highest BCUT2D eigenvalue weighted by Crippen LogP contribution is 2.07. The summed E-state index contributed by atoms with van der Waals surface area (Å²) in [6.07, 6.45) is 3.25. The van der Waals surface area contributed by atoms with Gasteiger partial charge in [-0.15, -0.1) is 0 Å². The standard InChI is InChI=1S/C12H24N2O2S/c1-3-11(15)10-13-5-7-14(8-6-13)12(16)4-9-17-2/h11,15H,3-10H2,1-2H3/t11-/m0/s1. The molecule has 100 valence electrons. The van der Waals surface area contributed by atoms with E-state index in [0.717, 1.165) is 44.9 Å². The van der Waals surface area contributed by atoms with E-state index >= 15 is 0 Å². The van der Waals surface area contributed by atoms with Gasteiger partial charge in [-0.25, -0.2) is 0 Å². The summed E-state index contributed by atoms with van der Waals surface area (Å²) >= 11 is 1.71. The second kappa shape index (κ2) is 7.95. The average molecular weight is 260 g/mol. The van der Waals surface area contributed by atoms with Gasteiger partial charge in [0.05, 0.1) is 6.10 Å². The molecule has 1 saturated heterocycles. The molecule has 0 unspecified atom stereocenters. The van der Waals surface area contributed by atoms with Gasteiger partial charge in [0.2, 0.25) is 5.91 Å². The van der Waals surface area contributed by atoms with Gasteiger partial charge in [0.25, 0.3) is 0 Å². The summed E-state index contributed by atoms with van der Waals surface area (Å²) in [6, 6.07) is 0. The van der Waals surface area contributed by atoms with Crippen molar-refractivity contribution in [2.24, 2.45) is 0 Å². The maximum Gasteiger partial charge on any atom is 0.223 e. The van der Waals surface area contributed by atoms with Crippen LogP contribution in [0.4, 0.5) is 0 Å². The molecule has 0 radical (unpaired) electrons. The molecule has 1 fully saturated rings. The Hall–Kier alpha value is -0.260. The van der Waals surface area contributed by atoms with Crippen molar-refractivity contribution < 1.29 is 9.90 Å². The van der Waals surface area contributed by atoms with Crippen LogP contribution in [0.1, 0.15) is 19.8 Å². The summed E-state index contributed by atoms with van der Waals surface area (Å²) in [7, 11) is 0. The van der Waals surface area contributed by atoms with E-state index in [1.54, 1.807) is 11.8 Å². The largest absolute Gasteiger partial charge is 0.392 e. The molecule has 1 N–H and O–H groups in total. The minimum atomic E-state index is -0.228. The third-order valence-corrected chi connectivity index (χ3v) is 3.80. The first-order chi connectivity index (χ1) is 8.17. The highest BCUT2D eigenvalue weighted by Gasteiger charge is 2.21. The molecule has 5 heteroatoms. The number of hydrogen-bond donors (Lipinski definition) is 1. The number of rotatable bonds is 6. The van der Waals surface area contributed by atoms with Crippen LogP contribution in [0.5, 0.6) is 0 Å². The molecule has 1 heterocycles. The summed E-state index contributed by atoms with van der Waals surface area (Å²) in [5, 5.41) is 9.58. The first-order valence-electron chi connectivity index (χ1n) is 6.34. The lowest BCUT2D eigenvalue weighted by Crippen LogP contribution is -2.50. The molecule has 1 aliphatic heterocycles. The molecule has 0 saturated carbocycles. The third-order valence-electron chi connectivity index (χ3n) is 3.19. The van der Waals surface area contributed by atoms with Gasteiger partial charge in [-0.1, -0.05) is 6.92 Å². The fourth-order valence-corrected chi connectivity index (χ4v) is 2.33. The number of carbonyl (C=O) groups is 1. The first kappa shape index (κ1) is 14.8. The quantitative estimate of drug-likeness (QED) is 0.762. The minimum Gasteiger partial charge on any atom is -0.392 e. The van der Waals surface area contributed by atoms with Crippen molar-refractivity contribution in [3.8, 4) is 0 Å². The topological polar surface area (TPSA) is 43.8 Å². The maximum absolute atomic E-state index is 11.8. The second-order valence-electron chi connectivity index (χ2n) is 4.49. The van der Waals surface area contributed by atoms with Crippen LogP contribution in [0, 0.1) is 0 Å². The molecule has 1 amide bonds. The normalized spacial score (nSPS) is 19.4. The van der Waals surface area contributed by atoms with E-state index in [2.05, 4.69) is 4.90 Å². The van der Waals surface area contributed by atoms with Gasteiger partial charge in [-0.05, 0) is 12.7 Å². The molecular weight excluding hydrogens is 236 g/mol. The van der Waals surface area contributed by atoms with Crippen LogP contribution in [0.25, 0.3) is 0 Å². The molecule has 1 rings (SSSR count). The highest BCUT2D eigenvalue weighted by molar-refractivity contribution is 7.98. The summed E-state index contributed by atoms with van der Waals surface area (Å²) in [6.45, 7) is 6.13. The zero-order chi connectivity index (χ0) is 12.7. The molecule has 4 nitrogen and oxygen atoms in total. The Morgan fingerprint density at radius 2 is 2.00 bits per heavy atom. The van der Waals surface area contributed by atoms with Crippen molar-refractivity contribution in [3.63, 3.8) is 0 Å². The van der Waals surface area contributed by atoms with E-state index in [4.69, 9.17) is 0 Å². The van der Waals surface area contributed by atoms with Crippen molar-refractivity contribution in [2.75, 3.05) is 44.7 Å². The van der Waals surface area contributed by atoms with Gasteiger partial charge < -0.3 is 10.0 Å². The average Bonchev–Trinajstić information content (AvgIpc) is 2.36. The van der Waals surface area contributed by atoms with E-state index in [1.807, 2.05) is 18.1 Å². The molecule has 0 spiro atoms. The van der Waals surface area contributed by atoms with Crippen molar-refractivity contribution >= 4 is 17.7 Å². The number of carbonyl (C=O) groups excluding carboxylic acids is 1. The number of aliphatic hydroxyl groups excluding tert-OH is 1. The zero-order valence-electron chi connectivity index (χ0n) is 10.9. The Morgan fingerprint density at radius 1 is 1.35 bits per heavy atom. The molecule has 1 aliphatic rings. The van der Waals surface area contributed by atoms with Gasteiger partial charge in [0.1, 0.15) is 0 Å². The summed E-state index contributed by atoms with van der Waals surface area (Å²) < 4.78 is 0. The van der Waals surface area contributed by atoms with Crippen LogP contribution in [0.3, 0.4) is 0 Å². The predicted molar refractivity (Wildman–Crippen MR) is 72.3 cm³/mol. The smallest absolute Gasteiger partial charge is 0.223 e. The summed E-state index contributed by atoms with van der Waals surface area (Å²) in [5.74, 6) is 1.18. The van der Waals surface area contributed by atoms with Gasteiger partial charge in [0.15, 0.2) is 0 Å². The highest BCUT2D eigenvalue weighted by atomic mass is 32.2. The van der Waals surface area contributed by atoms with Crippen LogP contribution in [-0.2, 0) is 4.79 Å². The molecule has 1 atom stereocenters. The molecular formula is C12H24N2O2S. The molecule has 0 aliphatic carbocycles. The van der Waals surface area contributed by atoms with Crippen molar-refractivity contribution in [2.45, 2.75) is 25.9 Å². The Balaban J connectivity index is 2.23. The van der Waals surface area contributed by atoms with Crippen LogP contribution in [-0.4, -0.2) is 71.6 Å².